The summed E-state index contributed by atoms with van der Waals surface area (Å²) in [5, 5.41) is 9.49. The second kappa shape index (κ2) is 3.27. The molecular formula is C10H9F2NO2. The number of benzene rings is 1. The molecule has 0 radical (unpaired) electrons. The quantitative estimate of drug-likeness (QED) is 0.643. The molecule has 1 aliphatic carbocycles. The van der Waals surface area contributed by atoms with Crippen molar-refractivity contribution in [2.75, 3.05) is 5.73 Å². The van der Waals surface area contributed by atoms with Crippen LogP contribution in [0.1, 0.15) is 34.9 Å². The Hall–Kier alpha value is -1.49. The zero-order chi connectivity index (χ0) is 11.2. The number of aliphatic hydroxyl groups excluding tert-OH is 1. The normalized spacial score (nSPS) is 20.2. The zero-order valence-electron chi connectivity index (χ0n) is 7.76. The molecule has 0 heterocycles. The van der Waals surface area contributed by atoms with Crippen LogP contribution >= 0.6 is 0 Å². The minimum absolute atomic E-state index is 0.0762. The number of Topliss-reactive ketones (excluding diaryl/α,β-unsaturated/α-hetero) is 1. The first-order valence-electron chi connectivity index (χ1n) is 4.51. The average molecular weight is 213 g/mol. The van der Waals surface area contributed by atoms with Gasteiger partial charge in [0.1, 0.15) is 0 Å². The van der Waals surface area contributed by atoms with Gasteiger partial charge in [-0.15, -0.1) is 0 Å². The van der Waals surface area contributed by atoms with Gasteiger partial charge in [0.25, 0.3) is 0 Å². The van der Waals surface area contributed by atoms with Crippen molar-refractivity contribution in [1.82, 2.24) is 0 Å². The molecule has 3 N–H and O–H groups in total. The number of nitrogen functional groups attached to an aromatic ring is 1. The van der Waals surface area contributed by atoms with E-state index in [1.54, 1.807) is 0 Å². The van der Waals surface area contributed by atoms with Crippen LogP contribution in [-0.2, 0) is 0 Å². The number of nitrogens with two attached hydrogens (primary N) is 1. The number of fused-ring (bicyclic) bond motifs is 1. The third-order valence-corrected chi connectivity index (χ3v) is 2.54. The van der Waals surface area contributed by atoms with E-state index in [2.05, 4.69) is 0 Å². The molecule has 0 bridgehead atoms. The van der Waals surface area contributed by atoms with Crippen LogP contribution in [0.5, 0.6) is 0 Å². The zero-order valence-corrected chi connectivity index (χ0v) is 7.76. The number of aliphatic hydroxyl groups is 1. The van der Waals surface area contributed by atoms with E-state index in [0.717, 1.165) is 6.07 Å². The number of carbonyl (C=O) groups excluding carboxylic acids is 1. The van der Waals surface area contributed by atoms with E-state index in [1.165, 1.54) is 0 Å². The van der Waals surface area contributed by atoms with Crippen molar-refractivity contribution in [3.63, 3.8) is 0 Å². The Morgan fingerprint density at radius 2 is 2.13 bits per heavy atom. The fraction of sp³-hybridized carbons (Fsp3) is 0.300. The van der Waals surface area contributed by atoms with Crippen LogP contribution in [0.3, 0.4) is 0 Å². The summed E-state index contributed by atoms with van der Waals surface area (Å²) >= 11 is 0. The number of hydrogen-bond acceptors (Lipinski definition) is 3. The summed E-state index contributed by atoms with van der Waals surface area (Å²) in [6.07, 6.45) is -0.953. The first kappa shape index (κ1) is 10.0. The molecule has 1 aromatic rings. The first-order chi connectivity index (χ1) is 7.02. The lowest BCUT2D eigenvalue weighted by Gasteiger charge is -2.22. The number of halogens is 2. The summed E-state index contributed by atoms with van der Waals surface area (Å²) in [6.45, 7) is 0. The molecule has 2 rings (SSSR count). The fourth-order valence-corrected chi connectivity index (χ4v) is 1.83. The lowest BCUT2D eigenvalue weighted by Crippen LogP contribution is -2.20. The maximum Gasteiger partial charge on any atom is 0.165 e. The summed E-state index contributed by atoms with van der Waals surface area (Å²) in [5.41, 5.74) is 4.93. The Kier molecular flexibility index (Phi) is 2.19. The van der Waals surface area contributed by atoms with Gasteiger partial charge < -0.3 is 10.8 Å². The van der Waals surface area contributed by atoms with Gasteiger partial charge in [0, 0.05) is 29.3 Å². The molecule has 80 valence electrons. The maximum absolute atomic E-state index is 13.3. The number of ketones is 1. The SMILES string of the molecule is Nc1cc(F)c(F)c2c1C(=O)CC[C@H]2O. The van der Waals surface area contributed by atoms with Gasteiger partial charge in [0.05, 0.1) is 6.10 Å². The second-order valence-electron chi connectivity index (χ2n) is 3.53. The molecule has 1 atom stereocenters. The van der Waals surface area contributed by atoms with Gasteiger partial charge in [-0.1, -0.05) is 0 Å². The maximum atomic E-state index is 13.3. The molecule has 1 aliphatic rings. The van der Waals surface area contributed by atoms with Gasteiger partial charge in [0.2, 0.25) is 0 Å². The predicted octanol–water partition coefficient (Wildman–Crippen LogP) is 1.56. The van der Waals surface area contributed by atoms with E-state index in [-0.39, 0.29) is 35.4 Å². The monoisotopic (exact) mass is 213 g/mol. The molecule has 0 aliphatic heterocycles. The number of rotatable bonds is 0. The molecule has 5 heteroatoms. The molecule has 0 spiro atoms. The molecule has 0 aromatic heterocycles. The summed E-state index contributed by atoms with van der Waals surface area (Å²) in [6, 6.07) is 0.768. The molecule has 0 fully saturated rings. The highest BCUT2D eigenvalue weighted by Crippen LogP contribution is 2.35. The van der Waals surface area contributed by atoms with Gasteiger partial charge >= 0.3 is 0 Å². The van der Waals surface area contributed by atoms with Crippen molar-refractivity contribution < 1.29 is 18.7 Å². The summed E-state index contributed by atoms with van der Waals surface area (Å²) in [4.78, 5) is 11.4. The fourth-order valence-electron chi connectivity index (χ4n) is 1.83. The third kappa shape index (κ3) is 1.39. The highest BCUT2D eigenvalue weighted by atomic mass is 19.2. The molecule has 0 unspecified atom stereocenters. The molecular weight excluding hydrogens is 204 g/mol. The van der Waals surface area contributed by atoms with Crippen LogP contribution in [-0.4, -0.2) is 10.9 Å². The van der Waals surface area contributed by atoms with E-state index in [4.69, 9.17) is 5.73 Å². The Labute approximate surface area is 84.5 Å². The van der Waals surface area contributed by atoms with E-state index in [0.29, 0.717) is 0 Å². The number of anilines is 1. The standard InChI is InChI=1S/C10H9F2NO2/c11-4-3-5(13)8-6(14)1-2-7(15)9(8)10(4)12/h3,7,15H,1-2,13H2/t7-/m1/s1. The average Bonchev–Trinajstić information content (AvgIpc) is 2.18. The number of hydrogen-bond donors (Lipinski definition) is 2. The highest BCUT2D eigenvalue weighted by molar-refractivity contribution is 6.03. The van der Waals surface area contributed by atoms with Crippen LogP contribution in [0.15, 0.2) is 6.07 Å². The van der Waals surface area contributed by atoms with Crippen molar-refractivity contribution in [3.8, 4) is 0 Å². The minimum Gasteiger partial charge on any atom is -0.398 e. The van der Waals surface area contributed by atoms with E-state index < -0.39 is 17.7 Å². The topological polar surface area (TPSA) is 63.3 Å². The van der Waals surface area contributed by atoms with Crippen LogP contribution in [0.25, 0.3) is 0 Å². The molecule has 3 nitrogen and oxygen atoms in total. The minimum atomic E-state index is -1.18. The van der Waals surface area contributed by atoms with Gasteiger partial charge in [-0.2, -0.15) is 0 Å². The van der Waals surface area contributed by atoms with Crippen LogP contribution in [0.4, 0.5) is 14.5 Å². The van der Waals surface area contributed by atoms with Crippen LogP contribution in [0, 0.1) is 11.6 Å². The predicted molar refractivity (Wildman–Crippen MR) is 49.3 cm³/mol. The molecule has 1 aromatic carbocycles. The van der Waals surface area contributed by atoms with E-state index in [9.17, 15) is 18.7 Å². The van der Waals surface area contributed by atoms with Gasteiger partial charge in [-0.25, -0.2) is 8.78 Å². The van der Waals surface area contributed by atoms with Gasteiger partial charge in [-0.3, -0.25) is 4.79 Å². The Balaban J connectivity index is 2.76. The van der Waals surface area contributed by atoms with E-state index >= 15 is 0 Å². The molecule has 0 saturated heterocycles. The molecule has 0 amide bonds. The Morgan fingerprint density at radius 1 is 1.47 bits per heavy atom. The van der Waals surface area contributed by atoms with Crippen molar-refractivity contribution in [1.29, 1.82) is 0 Å². The second-order valence-corrected chi connectivity index (χ2v) is 3.53. The lowest BCUT2D eigenvalue weighted by molar-refractivity contribution is 0.0889. The summed E-state index contributed by atoms with van der Waals surface area (Å²) in [5.74, 6) is -2.67. The van der Waals surface area contributed by atoms with Crippen molar-refractivity contribution in [3.05, 3.63) is 28.8 Å². The summed E-state index contributed by atoms with van der Waals surface area (Å²) in [7, 11) is 0. The van der Waals surface area contributed by atoms with E-state index in [1.807, 2.05) is 0 Å². The molecule has 0 saturated carbocycles. The molecule has 15 heavy (non-hydrogen) atoms. The number of carbonyl (C=O) groups is 1. The third-order valence-electron chi connectivity index (χ3n) is 2.54. The van der Waals surface area contributed by atoms with Crippen LogP contribution < -0.4 is 5.73 Å². The van der Waals surface area contributed by atoms with Crippen molar-refractivity contribution >= 4 is 11.5 Å². The van der Waals surface area contributed by atoms with Crippen molar-refractivity contribution in [2.45, 2.75) is 18.9 Å². The largest absolute Gasteiger partial charge is 0.398 e. The van der Waals surface area contributed by atoms with Gasteiger partial charge in [0.15, 0.2) is 17.4 Å². The van der Waals surface area contributed by atoms with Crippen molar-refractivity contribution in [2.24, 2.45) is 0 Å². The first-order valence-corrected chi connectivity index (χ1v) is 4.51. The van der Waals surface area contributed by atoms with Crippen LogP contribution in [0.2, 0.25) is 0 Å². The van der Waals surface area contributed by atoms with Gasteiger partial charge in [-0.05, 0) is 6.42 Å². The lowest BCUT2D eigenvalue weighted by atomic mass is 9.87. The Bertz CT molecular complexity index is 446. The summed E-state index contributed by atoms with van der Waals surface area (Å²) < 4.78 is 26.3. The smallest absolute Gasteiger partial charge is 0.165 e. The Morgan fingerprint density at radius 3 is 2.80 bits per heavy atom. The highest BCUT2D eigenvalue weighted by Gasteiger charge is 2.31.